The van der Waals surface area contributed by atoms with Crippen molar-refractivity contribution in [3.63, 3.8) is 0 Å². The Bertz CT molecular complexity index is 577. The van der Waals surface area contributed by atoms with Gasteiger partial charge in [-0.2, -0.15) is 0 Å². The van der Waals surface area contributed by atoms with Crippen molar-refractivity contribution in [2.24, 2.45) is 0 Å². The lowest BCUT2D eigenvalue weighted by molar-refractivity contribution is 0.0946. The van der Waals surface area contributed by atoms with Gasteiger partial charge in [0.05, 0.1) is 6.61 Å². The minimum atomic E-state index is -0.254. The van der Waals surface area contributed by atoms with Crippen LogP contribution < -0.4 is 10.6 Å². The van der Waals surface area contributed by atoms with E-state index in [9.17, 15) is 4.79 Å². The molecule has 21 heavy (non-hydrogen) atoms. The van der Waals surface area contributed by atoms with Crippen LogP contribution in [0.2, 0.25) is 0 Å². The van der Waals surface area contributed by atoms with Crippen molar-refractivity contribution in [1.29, 1.82) is 0 Å². The Morgan fingerprint density at radius 2 is 2.24 bits per heavy atom. The number of ether oxygens (including phenoxy) is 1. The fraction of sp³-hybridized carbons (Fsp3) is 0.286. The van der Waals surface area contributed by atoms with E-state index >= 15 is 0 Å². The van der Waals surface area contributed by atoms with E-state index in [0.29, 0.717) is 31.3 Å². The van der Waals surface area contributed by atoms with E-state index in [4.69, 9.17) is 4.74 Å². The summed E-state index contributed by atoms with van der Waals surface area (Å²) in [6.45, 7) is 1.53. The zero-order valence-corrected chi connectivity index (χ0v) is 11.7. The van der Waals surface area contributed by atoms with Crippen LogP contribution in [0, 0.1) is 0 Å². The molecular formula is C14H17N5O2. The van der Waals surface area contributed by atoms with Crippen LogP contribution in [-0.2, 0) is 11.3 Å². The number of methoxy groups -OCH3 is 1. The van der Waals surface area contributed by atoms with E-state index in [1.54, 1.807) is 31.8 Å². The third-order valence-electron chi connectivity index (χ3n) is 2.65. The molecule has 0 fully saturated rings. The highest BCUT2D eigenvalue weighted by atomic mass is 16.5. The molecular weight excluding hydrogens is 270 g/mol. The van der Waals surface area contributed by atoms with Crippen molar-refractivity contribution in [2.75, 3.05) is 25.6 Å². The highest BCUT2D eigenvalue weighted by molar-refractivity contribution is 5.92. The molecule has 2 rings (SSSR count). The molecule has 7 nitrogen and oxygen atoms in total. The molecule has 0 aliphatic carbocycles. The fourth-order valence-corrected chi connectivity index (χ4v) is 1.61. The van der Waals surface area contributed by atoms with E-state index in [1.807, 2.05) is 12.1 Å². The Balaban J connectivity index is 1.91. The molecule has 1 amide bonds. The van der Waals surface area contributed by atoms with E-state index in [1.165, 1.54) is 0 Å². The number of hydrogen-bond donors (Lipinski definition) is 2. The van der Waals surface area contributed by atoms with Crippen LogP contribution in [0.25, 0.3) is 0 Å². The lowest BCUT2D eigenvalue weighted by Gasteiger charge is -2.07. The molecule has 110 valence electrons. The average molecular weight is 287 g/mol. The summed E-state index contributed by atoms with van der Waals surface area (Å²) >= 11 is 0. The van der Waals surface area contributed by atoms with Crippen LogP contribution in [0.5, 0.6) is 0 Å². The van der Waals surface area contributed by atoms with Gasteiger partial charge in [-0.1, -0.05) is 6.07 Å². The van der Waals surface area contributed by atoms with Crippen molar-refractivity contribution in [2.45, 2.75) is 6.54 Å². The summed E-state index contributed by atoms with van der Waals surface area (Å²) in [5.41, 5.74) is 1.24. The molecule has 2 aromatic heterocycles. The number of rotatable bonds is 7. The quantitative estimate of drug-likeness (QED) is 0.734. The highest BCUT2D eigenvalue weighted by Gasteiger charge is 2.08. The topological polar surface area (TPSA) is 89.0 Å². The van der Waals surface area contributed by atoms with E-state index in [0.717, 1.165) is 5.56 Å². The molecule has 2 aromatic rings. The molecule has 0 unspecified atom stereocenters. The van der Waals surface area contributed by atoms with Crippen molar-refractivity contribution in [3.8, 4) is 0 Å². The SMILES string of the molecule is COCCNc1nccc(C(=O)NCc2cccnc2)n1. The zero-order valence-electron chi connectivity index (χ0n) is 11.7. The lowest BCUT2D eigenvalue weighted by atomic mass is 10.3. The number of carbonyl (C=O) groups excluding carboxylic acids is 1. The Morgan fingerprint density at radius 1 is 1.33 bits per heavy atom. The molecule has 0 atom stereocenters. The van der Waals surface area contributed by atoms with E-state index < -0.39 is 0 Å². The van der Waals surface area contributed by atoms with Crippen LogP contribution in [0.4, 0.5) is 5.95 Å². The number of carbonyl (C=O) groups is 1. The molecule has 0 saturated heterocycles. The number of hydrogen-bond acceptors (Lipinski definition) is 6. The van der Waals surface area contributed by atoms with Crippen molar-refractivity contribution < 1.29 is 9.53 Å². The Morgan fingerprint density at radius 3 is 3.00 bits per heavy atom. The summed E-state index contributed by atoms with van der Waals surface area (Å²) in [5.74, 6) is 0.150. The molecule has 7 heteroatoms. The third kappa shape index (κ3) is 4.81. The molecule has 0 radical (unpaired) electrons. The summed E-state index contributed by atoms with van der Waals surface area (Å²) in [7, 11) is 1.62. The van der Waals surface area contributed by atoms with Gasteiger partial charge < -0.3 is 15.4 Å². The molecule has 0 aliphatic rings. The molecule has 2 heterocycles. The van der Waals surface area contributed by atoms with Crippen LogP contribution >= 0.6 is 0 Å². The lowest BCUT2D eigenvalue weighted by Crippen LogP contribution is -2.24. The van der Waals surface area contributed by atoms with Gasteiger partial charge in [-0.15, -0.1) is 0 Å². The summed E-state index contributed by atoms with van der Waals surface area (Å²) < 4.78 is 4.93. The summed E-state index contributed by atoms with van der Waals surface area (Å²) in [4.78, 5) is 24.2. The number of amides is 1. The second-order valence-corrected chi connectivity index (χ2v) is 4.23. The highest BCUT2D eigenvalue weighted by Crippen LogP contribution is 2.01. The van der Waals surface area contributed by atoms with Crippen LogP contribution in [0.1, 0.15) is 16.1 Å². The Kier molecular flexibility index (Phi) is 5.60. The number of anilines is 1. The summed E-state index contributed by atoms with van der Waals surface area (Å²) in [6.07, 6.45) is 4.94. The zero-order chi connectivity index (χ0) is 14.9. The van der Waals surface area contributed by atoms with Gasteiger partial charge in [0.2, 0.25) is 5.95 Å². The van der Waals surface area contributed by atoms with Crippen LogP contribution in [-0.4, -0.2) is 41.1 Å². The van der Waals surface area contributed by atoms with Gasteiger partial charge in [0.25, 0.3) is 5.91 Å². The van der Waals surface area contributed by atoms with Crippen LogP contribution in [0.15, 0.2) is 36.8 Å². The number of nitrogens with zero attached hydrogens (tertiary/aromatic N) is 3. The largest absolute Gasteiger partial charge is 0.383 e. The average Bonchev–Trinajstić information content (AvgIpc) is 2.54. The summed E-state index contributed by atoms with van der Waals surface area (Å²) in [5, 5.41) is 5.77. The van der Waals surface area contributed by atoms with E-state index in [-0.39, 0.29) is 5.91 Å². The minimum Gasteiger partial charge on any atom is -0.383 e. The van der Waals surface area contributed by atoms with E-state index in [2.05, 4.69) is 25.6 Å². The Hall–Kier alpha value is -2.54. The second kappa shape index (κ2) is 7.91. The van der Waals surface area contributed by atoms with Gasteiger partial charge in [0.1, 0.15) is 5.69 Å². The molecule has 0 bridgehead atoms. The Labute approximate surface area is 122 Å². The van der Waals surface area contributed by atoms with Gasteiger partial charge in [-0.3, -0.25) is 9.78 Å². The monoisotopic (exact) mass is 287 g/mol. The first-order valence-electron chi connectivity index (χ1n) is 6.52. The van der Waals surface area contributed by atoms with Crippen LogP contribution in [0.3, 0.4) is 0 Å². The number of aromatic nitrogens is 3. The minimum absolute atomic E-state index is 0.254. The normalized spacial score (nSPS) is 10.1. The smallest absolute Gasteiger partial charge is 0.270 e. The number of pyridine rings is 1. The maximum atomic E-state index is 12.0. The van der Waals surface area contributed by atoms with Crippen molar-refractivity contribution in [3.05, 3.63) is 48.0 Å². The van der Waals surface area contributed by atoms with Gasteiger partial charge in [0.15, 0.2) is 0 Å². The predicted octanol–water partition coefficient (Wildman–Crippen LogP) is 0.860. The third-order valence-corrected chi connectivity index (χ3v) is 2.65. The first-order valence-corrected chi connectivity index (χ1v) is 6.52. The van der Waals surface area contributed by atoms with Gasteiger partial charge in [-0.25, -0.2) is 9.97 Å². The first kappa shape index (κ1) is 14.9. The molecule has 0 spiro atoms. The summed E-state index contributed by atoms with van der Waals surface area (Å²) in [6, 6.07) is 5.29. The molecule has 0 aliphatic heterocycles. The maximum Gasteiger partial charge on any atom is 0.270 e. The molecule has 0 aromatic carbocycles. The predicted molar refractivity (Wildman–Crippen MR) is 77.8 cm³/mol. The maximum absolute atomic E-state index is 12.0. The fourth-order valence-electron chi connectivity index (χ4n) is 1.61. The standard InChI is InChI=1S/C14H17N5O2/c1-21-8-7-17-14-16-6-4-12(19-14)13(20)18-10-11-3-2-5-15-9-11/h2-6,9H,7-8,10H2,1H3,(H,18,20)(H,16,17,19). The van der Waals surface area contributed by atoms with Crippen molar-refractivity contribution in [1.82, 2.24) is 20.3 Å². The van der Waals surface area contributed by atoms with Crippen molar-refractivity contribution >= 4 is 11.9 Å². The van der Waals surface area contributed by atoms with Gasteiger partial charge >= 0.3 is 0 Å². The molecule has 2 N–H and O–H groups in total. The number of nitrogens with one attached hydrogen (secondary N) is 2. The first-order chi connectivity index (χ1) is 10.3. The van der Waals surface area contributed by atoms with Gasteiger partial charge in [-0.05, 0) is 17.7 Å². The molecule has 0 saturated carbocycles. The second-order valence-electron chi connectivity index (χ2n) is 4.23. The van der Waals surface area contributed by atoms with Gasteiger partial charge in [0, 0.05) is 38.8 Å².